The molecule has 11 heteroatoms. The highest BCUT2D eigenvalue weighted by atomic mass is 35.5. The van der Waals surface area contributed by atoms with Crippen molar-refractivity contribution < 1.29 is 26.9 Å². The van der Waals surface area contributed by atoms with E-state index >= 15 is 0 Å². The molecule has 4 aromatic rings. The first-order valence-corrected chi connectivity index (χ1v) is 15.0. The van der Waals surface area contributed by atoms with E-state index in [0.717, 1.165) is 28.1 Å². The summed E-state index contributed by atoms with van der Waals surface area (Å²) in [7, 11) is -4.25. The van der Waals surface area contributed by atoms with Gasteiger partial charge in [-0.3, -0.25) is 14.5 Å². The third-order valence-electron chi connectivity index (χ3n) is 6.01. The highest BCUT2D eigenvalue weighted by Crippen LogP contribution is 2.41. The maximum Gasteiger partial charge on any atom is 0.339 e. The van der Waals surface area contributed by atoms with Gasteiger partial charge in [0.2, 0.25) is 5.75 Å². The molecule has 1 fully saturated rings. The number of fused-ring (bicyclic) bond motifs is 1. The van der Waals surface area contributed by atoms with Crippen LogP contribution in [0.3, 0.4) is 0 Å². The predicted octanol–water partition coefficient (Wildman–Crippen LogP) is 7.55. The van der Waals surface area contributed by atoms with E-state index in [1.807, 2.05) is 42.5 Å². The SMILES string of the molecule is CCOc1cc(/C=C2\SC(=O)N(Cc3cccc4ccccc34)C2=O)cc(Cl)c1OS(=O)(=O)c1ccc(Cl)cc1. The van der Waals surface area contributed by atoms with Crippen molar-refractivity contribution in [1.29, 1.82) is 0 Å². The first-order valence-electron chi connectivity index (χ1n) is 12.0. The van der Waals surface area contributed by atoms with E-state index in [-0.39, 0.29) is 39.5 Å². The topological polar surface area (TPSA) is 90.0 Å². The summed E-state index contributed by atoms with van der Waals surface area (Å²) in [6.45, 7) is 2.04. The van der Waals surface area contributed by atoms with Crippen molar-refractivity contribution in [3.63, 3.8) is 0 Å². The Hall–Kier alpha value is -3.50. The summed E-state index contributed by atoms with van der Waals surface area (Å²) >= 11 is 13.1. The Bertz CT molecular complexity index is 1770. The molecule has 1 heterocycles. The van der Waals surface area contributed by atoms with Crippen molar-refractivity contribution in [2.45, 2.75) is 18.4 Å². The number of benzene rings is 4. The number of halogens is 2. The van der Waals surface area contributed by atoms with Crippen LogP contribution in [0.2, 0.25) is 10.0 Å². The molecular weight excluding hydrogens is 593 g/mol. The average molecular weight is 615 g/mol. The minimum atomic E-state index is -4.25. The minimum Gasteiger partial charge on any atom is -0.490 e. The van der Waals surface area contributed by atoms with Crippen LogP contribution in [0.4, 0.5) is 4.79 Å². The van der Waals surface area contributed by atoms with Crippen molar-refractivity contribution in [3.05, 3.63) is 105 Å². The number of carbonyl (C=O) groups is 2. The summed E-state index contributed by atoms with van der Waals surface area (Å²) in [5.74, 6) is -0.573. The van der Waals surface area contributed by atoms with E-state index in [4.69, 9.17) is 32.1 Å². The van der Waals surface area contributed by atoms with E-state index in [1.165, 1.54) is 47.4 Å². The zero-order chi connectivity index (χ0) is 28.4. The number of imide groups is 1. The highest BCUT2D eigenvalue weighted by molar-refractivity contribution is 8.18. The zero-order valence-electron chi connectivity index (χ0n) is 21.0. The Kier molecular flexibility index (Phi) is 8.09. The Morgan fingerprint density at radius 2 is 1.68 bits per heavy atom. The van der Waals surface area contributed by atoms with E-state index < -0.39 is 21.3 Å². The van der Waals surface area contributed by atoms with Gasteiger partial charge in [0.25, 0.3) is 11.1 Å². The molecule has 0 saturated carbocycles. The van der Waals surface area contributed by atoms with Gasteiger partial charge in [0.1, 0.15) is 4.90 Å². The Labute approximate surface area is 245 Å². The van der Waals surface area contributed by atoms with Crippen LogP contribution in [0.5, 0.6) is 11.5 Å². The lowest BCUT2D eigenvalue weighted by Crippen LogP contribution is -2.27. The maximum atomic E-state index is 13.2. The van der Waals surface area contributed by atoms with Gasteiger partial charge in [0.05, 0.1) is 23.1 Å². The fourth-order valence-corrected chi connectivity index (χ4v) is 6.39. The van der Waals surface area contributed by atoms with Crippen LogP contribution in [0.15, 0.2) is 88.7 Å². The lowest BCUT2D eigenvalue weighted by atomic mass is 10.0. The smallest absolute Gasteiger partial charge is 0.339 e. The van der Waals surface area contributed by atoms with Crippen LogP contribution in [0.25, 0.3) is 16.8 Å². The molecule has 0 unspecified atom stereocenters. The quantitative estimate of drug-likeness (QED) is 0.150. The number of carbonyl (C=O) groups excluding carboxylic acids is 2. The summed E-state index contributed by atoms with van der Waals surface area (Å²) in [4.78, 5) is 27.3. The molecule has 0 bridgehead atoms. The van der Waals surface area contributed by atoms with Gasteiger partial charge in [-0.15, -0.1) is 0 Å². The standard InChI is InChI=1S/C29H21Cl2NO6S2/c1-2-37-25-15-18(14-24(31)27(25)38-40(35,36)22-12-10-21(30)11-13-22)16-26-28(33)32(29(34)39-26)17-20-8-5-7-19-6-3-4-9-23(19)20/h3-16H,2,17H2,1H3/b26-16-. The summed E-state index contributed by atoms with van der Waals surface area (Å²) in [5, 5.41) is 1.91. The molecular formula is C29H21Cl2NO6S2. The molecule has 40 heavy (non-hydrogen) atoms. The lowest BCUT2D eigenvalue weighted by Gasteiger charge is -2.15. The molecule has 1 aliphatic heterocycles. The third kappa shape index (κ3) is 5.83. The Morgan fingerprint density at radius 3 is 2.42 bits per heavy atom. The zero-order valence-corrected chi connectivity index (χ0v) is 24.1. The number of amides is 2. The lowest BCUT2D eigenvalue weighted by molar-refractivity contribution is -0.123. The number of hydrogen-bond donors (Lipinski definition) is 0. The number of ether oxygens (including phenoxy) is 1. The monoisotopic (exact) mass is 613 g/mol. The minimum absolute atomic E-state index is 0.0512. The Balaban J connectivity index is 1.43. The third-order valence-corrected chi connectivity index (χ3v) is 8.68. The number of rotatable bonds is 8. The van der Waals surface area contributed by atoms with Crippen LogP contribution in [0, 0.1) is 0 Å². The van der Waals surface area contributed by atoms with Crippen LogP contribution < -0.4 is 8.92 Å². The highest BCUT2D eigenvalue weighted by Gasteiger charge is 2.35. The van der Waals surface area contributed by atoms with Gasteiger partial charge < -0.3 is 8.92 Å². The molecule has 0 aromatic heterocycles. The van der Waals surface area contributed by atoms with E-state index in [0.29, 0.717) is 10.6 Å². The van der Waals surface area contributed by atoms with Crippen LogP contribution in [-0.4, -0.2) is 31.1 Å². The van der Waals surface area contributed by atoms with Gasteiger partial charge in [-0.2, -0.15) is 8.42 Å². The van der Waals surface area contributed by atoms with Gasteiger partial charge in [0.15, 0.2) is 5.75 Å². The van der Waals surface area contributed by atoms with Crippen molar-refractivity contribution in [1.82, 2.24) is 4.90 Å². The fraction of sp³-hybridized carbons (Fsp3) is 0.103. The van der Waals surface area contributed by atoms with Gasteiger partial charge in [-0.1, -0.05) is 65.7 Å². The van der Waals surface area contributed by atoms with Crippen LogP contribution >= 0.6 is 35.0 Å². The molecule has 4 aromatic carbocycles. The van der Waals surface area contributed by atoms with Crippen molar-refractivity contribution >= 4 is 73.1 Å². The molecule has 204 valence electrons. The molecule has 7 nitrogen and oxygen atoms in total. The molecule has 0 N–H and O–H groups in total. The molecule has 0 radical (unpaired) electrons. The first-order chi connectivity index (χ1) is 19.2. The number of nitrogens with zero attached hydrogens (tertiary/aromatic N) is 1. The Morgan fingerprint density at radius 1 is 0.950 bits per heavy atom. The average Bonchev–Trinajstić information content (AvgIpc) is 3.18. The number of thioether (sulfide) groups is 1. The first kappa shape index (κ1) is 28.0. The maximum absolute atomic E-state index is 13.2. The van der Waals surface area contributed by atoms with Crippen molar-refractivity contribution in [3.8, 4) is 11.5 Å². The second-order valence-corrected chi connectivity index (χ2v) is 12.0. The summed E-state index contributed by atoms with van der Waals surface area (Å²) in [5.41, 5.74) is 1.28. The predicted molar refractivity (Wildman–Crippen MR) is 157 cm³/mol. The van der Waals surface area contributed by atoms with Gasteiger partial charge >= 0.3 is 10.1 Å². The molecule has 1 saturated heterocycles. The molecule has 0 atom stereocenters. The largest absolute Gasteiger partial charge is 0.490 e. The molecule has 1 aliphatic rings. The second kappa shape index (κ2) is 11.5. The summed E-state index contributed by atoms with van der Waals surface area (Å²) in [6.07, 6.45) is 1.51. The van der Waals surface area contributed by atoms with Gasteiger partial charge in [-0.05, 0) is 83.1 Å². The normalized spacial score (nSPS) is 14.8. The second-order valence-electron chi connectivity index (χ2n) is 8.66. The van der Waals surface area contributed by atoms with E-state index in [9.17, 15) is 18.0 Å². The van der Waals surface area contributed by atoms with E-state index in [1.54, 1.807) is 6.92 Å². The fourth-order valence-electron chi connectivity index (χ4n) is 4.16. The molecule has 5 rings (SSSR count). The van der Waals surface area contributed by atoms with Gasteiger partial charge in [-0.25, -0.2) is 0 Å². The number of hydrogen-bond acceptors (Lipinski definition) is 7. The molecule has 0 aliphatic carbocycles. The van der Waals surface area contributed by atoms with Crippen LogP contribution in [0.1, 0.15) is 18.1 Å². The van der Waals surface area contributed by atoms with Crippen molar-refractivity contribution in [2.75, 3.05) is 6.61 Å². The molecule has 0 spiro atoms. The van der Waals surface area contributed by atoms with Gasteiger partial charge in [0, 0.05) is 5.02 Å². The summed E-state index contributed by atoms with van der Waals surface area (Å²) in [6, 6.07) is 21.9. The molecule has 2 amide bonds. The van der Waals surface area contributed by atoms with Crippen LogP contribution in [-0.2, 0) is 21.5 Å². The van der Waals surface area contributed by atoms with Crippen molar-refractivity contribution in [2.24, 2.45) is 0 Å². The van der Waals surface area contributed by atoms with E-state index in [2.05, 4.69) is 0 Å². The summed E-state index contributed by atoms with van der Waals surface area (Å²) < 4.78 is 36.7.